The second-order valence-corrected chi connectivity index (χ2v) is 7.16. The van der Waals surface area contributed by atoms with Crippen molar-refractivity contribution in [1.29, 1.82) is 0 Å². The first-order valence-electron chi connectivity index (χ1n) is 8.61. The monoisotopic (exact) mass is 412 g/mol. The molecule has 1 aromatic rings. The number of benzene rings is 1. The van der Waals surface area contributed by atoms with Crippen molar-refractivity contribution in [2.45, 2.75) is 38.8 Å². The van der Waals surface area contributed by atoms with Crippen molar-refractivity contribution in [1.82, 2.24) is 5.32 Å². The Labute approximate surface area is 167 Å². The number of amides is 1. The van der Waals surface area contributed by atoms with E-state index in [0.717, 1.165) is 0 Å². The topological polar surface area (TPSA) is 125 Å². The molecule has 0 radical (unpaired) electrons. The summed E-state index contributed by atoms with van der Waals surface area (Å²) in [7, 11) is 1.28. The van der Waals surface area contributed by atoms with Crippen LogP contribution < -0.4 is 5.32 Å². The van der Waals surface area contributed by atoms with Gasteiger partial charge in [-0.2, -0.15) is 0 Å². The molecule has 0 aliphatic carbocycles. The van der Waals surface area contributed by atoms with E-state index in [4.69, 9.17) is 4.74 Å². The van der Waals surface area contributed by atoms with Gasteiger partial charge in [0, 0.05) is 18.2 Å². The van der Waals surface area contributed by atoms with Gasteiger partial charge in [0.2, 0.25) is 5.91 Å². The summed E-state index contributed by atoms with van der Waals surface area (Å²) in [4.78, 5) is 46.2. The smallest absolute Gasteiger partial charge is 0.315 e. The highest BCUT2D eigenvalue weighted by Gasteiger charge is 2.26. The van der Waals surface area contributed by atoms with E-state index in [9.17, 15) is 24.5 Å². The molecule has 0 bridgehead atoms. The van der Waals surface area contributed by atoms with Crippen molar-refractivity contribution in [3.63, 3.8) is 0 Å². The van der Waals surface area contributed by atoms with Gasteiger partial charge < -0.3 is 14.8 Å². The summed E-state index contributed by atoms with van der Waals surface area (Å²) >= 11 is 1.23. The number of nitrogens with one attached hydrogen (secondary N) is 1. The molecular weight excluding hydrogens is 388 g/mol. The number of nitro groups is 1. The van der Waals surface area contributed by atoms with Crippen LogP contribution in [-0.4, -0.2) is 47.5 Å². The number of esters is 2. The molecule has 0 aromatic heterocycles. The second-order valence-electron chi connectivity index (χ2n) is 6.06. The van der Waals surface area contributed by atoms with Crippen LogP contribution in [-0.2, 0) is 23.9 Å². The second kappa shape index (κ2) is 12.0. The lowest BCUT2D eigenvalue weighted by Gasteiger charge is -2.19. The van der Waals surface area contributed by atoms with Crippen LogP contribution in [0.3, 0.4) is 0 Å². The average molecular weight is 412 g/mol. The maximum Gasteiger partial charge on any atom is 0.315 e. The molecule has 0 spiro atoms. The van der Waals surface area contributed by atoms with Gasteiger partial charge in [-0.1, -0.05) is 18.2 Å². The molecule has 154 valence electrons. The van der Waals surface area contributed by atoms with Crippen LogP contribution in [0.1, 0.15) is 38.3 Å². The molecule has 0 aliphatic rings. The van der Waals surface area contributed by atoms with E-state index in [0.29, 0.717) is 5.75 Å². The molecule has 9 nitrogen and oxygen atoms in total. The molecule has 0 saturated heterocycles. The molecule has 28 heavy (non-hydrogen) atoms. The SMILES string of the molecule is COC(=O)CSCCC(=O)NC(CC(=O)OC(C)C)c1ccccc1[N+](=O)[O-]. The van der Waals surface area contributed by atoms with Crippen LogP contribution in [0.2, 0.25) is 0 Å². The molecular formula is C18H24N2O7S. The van der Waals surface area contributed by atoms with Crippen molar-refractivity contribution in [3.8, 4) is 0 Å². The van der Waals surface area contributed by atoms with E-state index < -0.39 is 22.8 Å². The molecule has 0 heterocycles. The molecule has 1 atom stereocenters. The normalized spacial score (nSPS) is 11.6. The fourth-order valence-corrected chi connectivity index (χ4v) is 3.07. The highest BCUT2D eigenvalue weighted by Crippen LogP contribution is 2.27. The van der Waals surface area contributed by atoms with Gasteiger partial charge in [0.1, 0.15) is 0 Å². The number of nitrogens with zero attached hydrogens (tertiary/aromatic N) is 1. The van der Waals surface area contributed by atoms with Crippen molar-refractivity contribution < 1.29 is 28.8 Å². The number of carbonyl (C=O) groups is 3. The first-order chi connectivity index (χ1) is 13.2. The number of rotatable bonds is 11. The summed E-state index contributed by atoms with van der Waals surface area (Å²) in [5.74, 6) is -0.866. The number of nitro benzene ring substituents is 1. The summed E-state index contributed by atoms with van der Waals surface area (Å²) in [6.07, 6.45) is -0.494. The number of carbonyl (C=O) groups excluding carboxylic acids is 3. The Balaban J connectivity index is 2.84. The average Bonchev–Trinajstić information content (AvgIpc) is 2.63. The lowest BCUT2D eigenvalue weighted by Crippen LogP contribution is -2.31. The van der Waals surface area contributed by atoms with Gasteiger partial charge in [-0.05, 0) is 13.8 Å². The van der Waals surface area contributed by atoms with Crippen molar-refractivity contribution in [2.75, 3.05) is 18.6 Å². The van der Waals surface area contributed by atoms with Crippen LogP contribution in [0.5, 0.6) is 0 Å². The van der Waals surface area contributed by atoms with Gasteiger partial charge in [0.25, 0.3) is 5.69 Å². The van der Waals surface area contributed by atoms with Crippen LogP contribution >= 0.6 is 11.8 Å². The van der Waals surface area contributed by atoms with Gasteiger partial charge in [0.05, 0.1) is 41.9 Å². The minimum atomic E-state index is -0.897. The first kappa shape index (κ1) is 23.4. The number of methoxy groups -OCH3 is 1. The van der Waals surface area contributed by atoms with Crippen LogP contribution in [0.25, 0.3) is 0 Å². The third kappa shape index (κ3) is 8.38. The third-order valence-electron chi connectivity index (χ3n) is 3.50. The van der Waals surface area contributed by atoms with E-state index in [2.05, 4.69) is 10.1 Å². The zero-order valence-corrected chi connectivity index (χ0v) is 16.8. The van der Waals surface area contributed by atoms with E-state index in [1.54, 1.807) is 19.9 Å². The van der Waals surface area contributed by atoms with Crippen molar-refractivity contribution in [3.05, 3.63) is 39.9 Å². The summed E-state index contributed by atoms with van der Waals surface area (Å²) in [6.45, 7) is 3.38. The summed E-state index contributed by atoms with van der Waals surface area (Å²) in [6, 6.07) is 5.02. The van der Waals surface area contributed by atoms with E-state index >= 15 is 0 Å². The predicted octanol–water partition coefficient (Wildman–Crippen LogP) is 2.39. The van der Waals surface area contributed by atoms with Crippen LogP contribution in [0, 0.1) is 10.1 Å². The molecule has 0 saturated carbocycles. The lowest BCUT2D eigenvalue weighted by molar-refractivity contribution is -0.385. The summed E-state index contributed by atoms with van der Waals surface area (Å²) in [5.41, 5.74) is 0.0361. The first-order valence-corrected chi connectivity index (χ1v) is 9.76. The summed E-state index contributed by atoms with van der Waals surface area (Å²) < 4.78 is 9.62. The highest BCUT2D eigenvalue weighted by atomic mass is 32.2. The standard InChI is InChI=1S/C18H24N2O7S/c1-12(2)27-17(22)10-14(13-6-4-5-7-15(13)20(24)25)19-16(21)8-9-28-11-18(23)26-3/h4-7,12,14H,8-11H2,1-3H3,(H,19,21). The van der Waals surface area contributed by atoms with Gasteiger partial charge in [-0.15, -0.1) is 11.8 Å². The zero-order chi connectivity index (χ0) is 21.1. The van der Waals surface area contributed by atoms with E-state index in [-0.39, 0.29) is 41.9 Å². The Morgan fingerprint density at radius 1 is 1.21 bits per heavy atom. The minimum Gasteiger partial charge on any atom is -0.468 e. The molecule has 1 rings (SSSR count). The molecule has 0 fully saturated rings. The molecule has 1 N–H and O–H groups in total. The lowest BCUT2D eigenvalue weighted by atomic mass is 10.0. The largest absolute Gasteiger partial charge is 0.468 e. The van der Waals surface area contributed by atoms with Crippen molar-refractivity contribution >= 4 is 35.3 Å². The third-order valence-corrected chi connectivity index (χ3v) is 4.44. The molecule has 1 aromatic carbocycles. The fourth-order valence-electron chi connectivity index (χ4n) is 2.31. The Morgan fingerprint density at radius 2 is 1.89 bits per heavy atom. The number of hydrogen-bond acceptors (Lipinski definition) is 8. The molecule has 1 amide bonds. The number of hydrogen-bond donors (Lipinski definition) is 1. The fraction of sp³-hybridized carbons (Fsp3) is 0.500. The maximum absolute atomic E-state index is 12.3. The Morgan fingerprint density at radius 3 is 2.50 bits per heavy atom. The number of para-hydroxylation sites is 1. The maximum atomic E-state index is 12.3. The highest BCUT2D eigenvalue weighted by molar-refractivity contribution is 7.99. The quantitative estimate of drug-likeness (QED) is 0.254. The molecule has 10 heteroatoms. The summed E-state index contributed by atoms with van der Waals surface area (Å²) in [5, 5.41) is 14.0. The zero-order valence-electron chi connectivity index (χ0n) is 16.0. The van der Waals surface area contributed by atoms with Gasteiger partial charge in [-0.3, -0.25) is 24.5 Å². The van der Waals surface area contributed by atoms with E-state index in [1.807, 2.05) is 0 Å². The Hall–Kier alpha value is -2.62. The Bertz CT molecular complexity index is 709. The minimum absolute atomic E-state index is 0.0814. The van der Waals surface area contributed by atoms with Gasteiger partial charge in [-0.25, -0.2) is 0 Å². The van der Waals surface area contributed by atoms with Crippen LogP contribution in [0.4, 0.5) is 5.69 Å². The number of ether oxygens (including phenoxy) is 2. The molecule has 0 aliphatic heterocycles. The van der Waals surface area contributed by atoms with Gasteiger partial charge in [0.15, 0.2) is 0 Å². The van der Waals surface area contributed by atoms with Gasteiger partial charge >= 0.3 is 11.9 Å². The Kier molecular flexibility index (Phi) is 10.0. The number of thioether (sulfide) groups is 1. The molecule has 1 unspecified atom stereocenters. The predicted molar refractivity (Wildman–Crippen MR) is 104 cm³/mol. The van der Waals surface area contributed by atoms with E-state index in [1.165, 1.54) is 37.1 Å². The van der Waals surface area contributed by atoms with Crippen LogP contribution in [0.15, 0.2) is 24.3 Å². The van der Waals surface area contributed by atoms with Crippen molar-refractivity contribution in [2.24, 2.45) is 0 Å².